The number of hydrogen-bond donors (Lipinski definition) is 1. The SMILES string of the molecule is COc1cccc(CN2C(=NC(=O)CCC(=O)O)SC3CS(=O)(=O)CC32)c1. The van der Waals surface area contributed by atoms with Crippen LogP contribution in [0.3, 0.4) is 0 Å². The fourth-order valence-electron chi connectivity index (χ4n) is 3.16. The van der Waals surface area contributed by atoms with E-state index in [9.17, 15) is 18.0 Å². The highest BCUT2D eigenvalue weighted by molar-refractivity contribution is 8.15. The summed E-state index contributed by atoms with van der Waals surface area (Å²) < 4.78 is 29.3. The number of sulfone groups is 1. The topological polar surface area (TPSA) is 113 Å². The van der Waals surface area contributed by atoms with E-state index in [1.807, 2.05) is 29.2 Å². The van der Waals surface area contributed by atoms with Crippen LogP contribution in [0.5, 0.6) is 5.75 Å². The third kappa shape index (κ3) is 4.81. The van der Waals surface area contributed by atoms with Crippen molar-refractivity contribution in [3.8, 4) is 5.75 Å². The molecule has 2 aliphatic rings. The van der Waals surface area contributed by atoms with Crippen molar-refractivity contribution in [3.63, 3.8) is 0 Å². The van der Waals surface area contributed by atoms with Crippen LogP contribution in [0.15, 0.2) is 29.3 Å². The van der Waals surface area contributed by atoms with Crippen molar-refractivity contribution in [1.82, 2.24) is 4.90 Å². The van der Waals surface area contributed by atoms with Crippen molar-refractivity contribution < 1.29 is 27.9 Å². The number of benzene rings is 1. The van der Waals surface area contributed by atoms with Gasteiger partial charge in [0.15, 0.2) is 15.0 Å². The monoisotopic (exact) mass is 412 g/mol. The number of aliphatic imine (C=N–C) groups is 1. The standard InChI is InChI=1S/C17H20N2O6S2/c1-25-12-4-2-3-11(7-12)8-19-13-9-27(23,24)10-14(13)26-17(19)18-15(20)5-6-16(21)22/h2-4,7,13-14H,5-6,8-10H2,1H3,(H,21,22). The molecule has 1 N–H and O–H groups in total. The maximum absolute atomic E-state index is 12.0. The quantitative estimate of drug-likeness (QED) is 0.740. The molecule has 2 fully saturated rings. The van der Waals surface area contributed by atoms with E-state index < -0.39 is 21.7 Å². The first-order valence-corrected chi connectivity index (χ1v) is 11.1. The molecule has 0 aliphatic carbocycles. The van der Waals surface area contributed by atoms with Gasteiger partial charge >= 0.3 is 5.97 Å². The van der Waals surface area contributed by atoms with Crippen LogP contribution in [0.2, 0.25) is 0 Å². The normalized spacial score (nSPS) is 24.8. The molecule has 2 aliphatic heterocycles. The fourth-order valence-corrected chi connectivity index (χ4v) is 7.13. The first kappa shape index (κ1) is 19.7. The highest BCUT2D eigenvalue weighted by Gasteiger charge is 2.48. The van der Waals surface area contributed by atoms with Gasteiger partial charge in [0.05, 0.1) is 31.1 Å². The van der Waals surface area contributed by atoms with E-state index in [0.29, 0.717) is 17.5 Å². The lowest BCUT2D eigenvalue weighted by Gasteiger charge is -2.24. The second-order valence-electron chi connectivity index (χ2n) is 6.46. The number of ether oxygens (including phenoxy) is 1. The Labute approximate surface area is 161 Å². The van der Waals surface area contributed by atoms with Gasteiger partial charge in [0.1, 0.15) is 5.75 Å². The van der Waals surface area contributed by atoms with Crippen molar-refractivity contribution in [1.29, 1.82) is 0 Å². The molecule has 8 nitrogen and oxygen atoms in total. The largest absolute Gasteiger partial charge is 0.497 e. The molecule has 146 valence electrons. The second-order valence-corrected chi connectivity index (χ2v) is 9.82. The van der Waals surface area contributed by atoms with Gasteiger partial charge in [0.25, 0.3) is 0 Å². The number of rotatable bonds is 6. The molecule has 2 heterocycles. The van der Waals surface area contributed by atoms with Crippen molar-refractivity contribution >= 4 is 38.6 Å². The molecule has 1 amide bonds. The number of carboxylic acid groups (broad SMARTS) is 1. The predicted molar refractivity (Wildman–Crippen MR) is 102 cm³/mol. The Hall–Kier alpha value is -2.07. The summed E-state index contributed by atoms with van der Waals surface area (Å²) in [5, 5.41) is 9.00. The van der Waals surface area contributed by atoms with Crippen LogP contribution in [-0.4, -0.2) is 65.4 Å². The Morgan fingerprint density at radius 2 is 2.11 bits per heavy atom. The highest BCUT2D eigenvalue weighted by atomic mass is 32.2. The minimum absolute atomic E-state index is 0.0248. The van der Waals surface area contributed by atoms with Crippen LogP contribution < -0.4 is 4.74 Å². The minimum Gasteiger partial charge on any atom is -0.497 e. The number of nitrogens with zero attached hydrogens (tertiary/aromatic N) is 2. The van der Waals surface area contributed by atoms with Crippen LogP contribution in [0.1, 0.15) is 18.4 Å². The maximum Gasteiger partial charge on any atom is 0.303 e. The molecule has 3 rings (SSSR count). The molecule has 0 saturated carbocycles. The fraction of sp³-hybridized carbons (Fsp3) is 0.471. The molecule has 1 aromatic carbocycles. The van der Waals surface area contributed by atoms with Crippen LogP contribution in [-0.2, 0) is 26.0 Å². The number of carbonyl (C=O) groups is 2. The Morgan fingerprint density at radius 3 is 2.81 bits per heavy atom. The number of aliphatic carboxylic acids is 1. The van der Waals surface area contributed by atoms with Crippen LogP contribution >= 0.6 is 11.8 Å². The van der Waals surface area contributed by atoms with Crippen LogP contribution in [0, 0.1) is 0 Å². The summed E-state index contributed by atoms with van der Waals surface area (Å²) in [4.78, 5) is 28.6. The number of carboxylic acids is 1. The first-order valence-electron chi connectivity index (χ1n) is 8.37. The van der Waals surface area contributed by atoms with E-state index in [0.717, 1.165) is 5.56 Å². The molecular formula is C17H20N2O6S2. The zero-order valence-electron chi connectivity index (χ0n) is 14.7. The Morgan fingerprint density at radius 1 is 1.33 bits per heavy atom. The zero-order chi connectivity index (χ0) is 19.6. The van der Waals surface area contributed by atoms with Gasteiger partial charge in [0.2, 0.25) is 5.91 Å². The predicted octanol–water partition coefficient (Wildman–Crippen LogP) is 1.16. The molecule has 1 aromatic rings. The lowest BCUT2D eigenvalue weighted by atomic mass is 10.1. The van der Waals surface area contributed by atoms with Crippen LogP contribution in [0.25, 0.3) is 0 Å². The lowest BCUT2D eigenvalue weighted by Crippen LogP contribution is -2.37. The Kier molecular flexibility index (Phi) is 5.75. The second kappa shape index (κ2) is 7.89. The summed E-state index contributed by atoms with van der Waals surface area (Å²) in [7, 11) is -1.55. The number of amides is 1. The molecule has 0 bridgehead atoms. The molecule has 0 spiro atoms. The Bertz CT molecular complexity index is 883. The Balaban J connectivity index is 1.83. The molecule has 10 heteroatoms. The van der Waals surface area contributed by atoms with Crippen molar-refractivity contribution in [2.24, 2.45) is 4.99 Å². The summed E-state index contributed by atoms with van der Waals surface area (Å²) in [6.45, 7) is 0.395. The van der Waals surface area contributed by atoms with E-state index in [1.165, 1.54) is 11.8 Å². The summed E-state index contributed by atoms with van der Waals surface area (Å²) in [5.74, 6) is -0.806. The van der Waals surface area contributed by atoms with E-state index in [4.69, 9.17) is 9.84 Å². The maximum atomic E-state index is 12.0. The average Bonchev–Trinajstić information content (AvgIpc) is 3.06. The number of amidine groups is 1. The summed E-state index contributed by atoms with van der Waals surface area (Å²) in [6.07, 6.45) is -0.461. The third-order valence-corrected chi connectivity index (χ3v) is 7.68. The van der Waals surface area contributed by atoms with Gasteiger partial charge in [0, 0.05) is 18.2 Å². The van der Waals surface area contributed by atoms with Gasteiger partial charge in [-0.2, -0.15) is 4.99 Å². The molecule has 0 aromatic heterocycles. The van der Waals surface area contributed by atoms with Gasteiger partial charge in [-0.05, 0) is 17.7 Å². The van der Waals surface area contributed by atoms with Gasteiger partial charge in [-0.25, -0.2) is 8.42 Å². The minimum atomic E-state index is -3.12. The first-order chi connectivity index (χ1) is 12.8. The molecule has 2 unspecified atom stereocenters. The van der Waals surface area contributed by atoms with Crippen molar-refractivity contribution in [2.75, 3.05) is 18.6 Å². The van der Waals surface area contributed by atoms with Crippen molar-refractivity contribution in [2.45, 2.75) is 30.7 Å². The number of fused-ring (bicyclic) bond motifs is 1. The van der Waals surface area contributed by atoms with Gasteiger partial charge in [-0.1, -0.05) is 23.9 Å². The number of hydrogen-bond acceptors (Lipinski definition) is 6. The molecular weight excluding hydrogens is 392 g/mol. The van der Waals surface area contributed by atoms with Gasteiger partial charge < -0.3 is 14.7 Å². The van der Waals surface area contributed by atoms with E-state index in [1.54, 1.807) is 7.11 Å². The third-order valence-electron chi connectivity index (χ3n) is 4.44. The van der Waals surface area contributed by atoms with E-state index >= 15 is 0 Å². The lowest BCUT2D eigenvalue weighted by molar-refractivity contribution is -0.138. The van der Waals surface area contributed by atoms with E-state index in [2.05, 4.69) is 4.99 Å². The van der Waals surface area contributed by atoms with Gasteiger partial charge in [-0.3, -0.25) is 9.59 Å². The van der Waals surface area contributed by atoms with Gasteiger partial charge in [-0.15, -0.1) is 0 Å². The zero-order valence-corrected chi connectivity index (χ0v) is 16.3. The number of carbonyl (C=O) groups excluding carboxylic acids is 1. The summed E-state index contributed by atoms with van der Waals surface area (Å²) in [5.41, 5.74) is 0.908. The smallest absolute Gasteiger partial charge is 0.303 e. The molecule has 27 heavy (non-hydrogen) atoms. The molecule has 2 saturated heterocycles. The molecule has 0 radical (unpaired) electrons. The van der Waals surface area contributed by atoms with E-state index in [-0.39, 0.29) is 35.6 Å². The highest BCUT2D eigenvalue weighted by Crippen LogP contribution is 2.39. The summed E-state index contributed by atoms with van der Waals surface area (Å²) in [6, 6.07) is 7.15. The number of methoxy groups -OCH3 is 1. The number of thioether (sulfide) groups is 1. The summed E-state index contributed by atoms with van der Waals surface area (Å²) >= 11 is 1.28. The average molecular weight is 412 g/mol. The van der Waals surface area contributed by atoms with Crippen molar-refractivity contribution in [3.05, 3.63) is 29.8 Å². The van der Waals surface area contributed by atoms with Crippen LogP contribution in [0.4, 0.5) is 0 Å². The molecule has 2 atom stereocenters.